The zero-order chi connectivity index (χ0) is 10.1. The van der Waals surface area contributed by atoms with E-state index >= 15 is 0 Å². The summed E-state index contributed by atoms with van der Waals surface area (Å²) in [6.07, 6.45) is 1.85. The molecule has 0 amide bonds. The molecule has 0 atom stereocenters. The van der Waals surface area contributed by atoms with Crippen LogP contribution in [-0.4, -0.2) is 9.55 Å². The minimum absolute atomic E-state index is 1.08. The first-order chi connectivity index (χ1) is 6.68. The maximum Gasteiger partial charge on any atom is 0.0953 e. The number of nitrogens with zero attached hydrogens (tertiary/aromatic N) is 2. The molecule has 0 aliphatic rings. The van der Waals surface area contributed by atoms with Gasteiger partial charge in [0.25, 0.3) is 0 Å². The number of hydrogen-bond acceptors (Lipinski definition) is 1. The Balaban J connectivity index is 2.49. The summed E-state index contributed by atoms with van der Waals surface area (Å²) in [5, 5.41) is 0. The van der Waals surface area contributed by atoms with E-state index in [1.165, 1.54) is 16.8 Å². The third-order valence-electron chi connectivity index (χ3n) is 2.56. The Morgan fingerprint density at radius 2 is 1.71 bits per heavy atom. The van der Waals surface area contributed by atoms with Crippen molar-refractivity contribution in [3.05, 3.63) is 41.9 Å². The molecule has 2 heteroatoms. The molecule has 0 fully saturated rings. The van der Waals surface area contributed by atoms with Gasteiger partial charge in [0, 0.05) is 18.3 Å². The van der Waals surface area contributed by atoms with Crippen LogP contribution in [0.2, 0.25) is 0 Å². The molecule has 2 rings (SSSR count). The average Bonchev–Trinajstić information content (AvgIpc) is 2.50. The largest absolute Gasteiger partial charge is 0.337 e. The van der Waals surface area contributed by atoms with Crippen LogP contribution in [0.3, 0.4) is 0 Å². The number of rotatable bonds is 1. The summed E-state index contributed by atoms with van der Waals surface area (Å²) in [6, 6.07) is 8.46. The quantitative estimate of drug-likeness (QED) is 0.669. The lowest BCUT2D eigenvalue weighted by atomic mass is 10.1. The summed E-state index contributed by atoms with van der Waals surface area (Å²) in [5.74, 6) is 0. The normalized spacial score (nSPS) is 10.5. The number of aromatic nitrogens is 2. The van der Waals surface area contributed by atoms with Crippen molar-refractivity contribution in [2.24, 2.45) is 7.05 Å². The molecule has 0 aliphatic carbocycles. The van der Waals surface area contributed by atoms with E-state index < -0.39 is 0 Å². The van der Waals surface area contributed by atoms with Crippen molar-refractivity contribution in [2.45, 2.75) is 13.8 Å². The Kier molecular flexibility index (Phi) is 2.12. The van der Waals surface area contributed by atoms with Gasteiger partial charge in [0.05, 0.1) is 12.0 Å². The van der Waals surface area contributed by atoms with E-state index in [2.05, 4.69) is 43.1 Å². The van der Waals surface area contributed by atoms with Crippen molar-refractivity contribution in [2.75, 3.05) is 0 Å². The van der Waals surface area contributed by atoms with E-state index in [1.54, 1.807) is 0 Å². The molecule has 0 unspecified atom stereocenters. The van der Waals surface area contributed by atoms with Crippen LogP contribution in [-0.2, 0) is 7.05 Å². The van der Waals surface area contributed by atoms with Crippen LogP contribution in [0.1, 0.15) is 11.3 Å². The van der Waals surface area contributed by atoms with Crippen LogP contribution >= 0.6 is 0 Å². The summed E-state index contributed by atoms with van der Waals surface area (Å²) in [7, 11) is 2.01. The third kappa shape index (κ3) is 1.43. The highest BCUT2D eigenvalue weighted by Crippen LogP contribution is 2.20. The van der Waals surface area contributed by atoms with Crippen LogP contribution < -0.4 is 0 Å². The van der Waals surface area contributed by atoms with Crippen LogP contribution in [0.15, 0.2) is 30.6 Å². The van der Waals surface area contributed by atoms with Gasteiger partial charge in [-0.2, -0.15) is 0 Å². The zero-order valence-electron chi connectivity index (χ0n) is 8.78. The molecule has 1 heterocycles. The van der Waals surface area contributed by atoms with E-state index in [1.807, 2.05) is 17.9 Å². The second-order valence-electron chi connectivity index (χ2n) is 3.66. The minimum atomic E-state index is 1.08. The van der Waals surface area contributed by atoms with Crippen LogP contribution in [0.4, 0.5) is 0 Å². The van der Waals surface area contributed by atoms with E-state index in [9.17, 15) is 0 Å². The molecule has 1 aromatic carbocycles. The molecular formula is C12H14N2. The maximum atomic E-state index is 4.38. The number of benzene rings is 1. The molecule has 0 spiro atoms. The van der Waals surface area contributed by atoms with Gasteiger partial charge in [-0.1, -0.05) is 29.8 Å². The van der Waals surface area contributed by atoms with Crippen molar-refractivity contribution in [1.29, 1.82) is 0 Å². The molecule has 0 N–H and O–H groups in total. The lowest BCUT2D eigenvalue weighted by Gasteiger charge is -2.00. The van der Waals surface area contributed by atoms with E-state index in [0.717, 1.165) is 5.69 Å². The minimum Gasteiger partial charge on any atom is -0.337 e. The molecule has 2 aromatic rings. The molecule has 14 heavy (non-hydrogen) atoms. The van der Waals surface area contributed by atoms with Gasteiger partial charge in [-0.25, -0.2) is 4.98 Å². The van der Waals surface area contributed by atoms with Gasteiger partial charge < -0.3 is 4.57 Å². The summed E-state index contributed by atoms with van der Waals surface area (Å²) < 4.78 is 2.04. The molecule has 2 nitrogen and oxygen atoms in total. The molecule has 1 aromatic heterocycles. The first-order valence-electron chi connectivity index (χ1n) is 4.73. The number of hydrogen-bond donors (Lipinski definition) is 0. The highest BCUT2D eigenvalue weighted by Gasteiger charge is 2.05. The first-order valence-corrected chi connectivity index (χ1v) is 4.73. The maximum absolute atomic E-state index is 4.38. The molecule has 0 saturated heterocycles. The lowest BCUT2D eigenvalue weighted by Crippen LogP contribution is -1.88. The van der Waals surface area contributed by atoms with Gasteiger partial charge in [-0.05, 0) is 13.8 Å². The van der Waals surface area contributed by atoms with E-state index in [4.69, 9.17) is 0 Å². The number of aryl methyl sites for hydroxylation is 2. The molecule has 72 valence electrons. The Hall–Kier alpha value is -1.57. The molecule has 0 aliphatic heterocycles. The summed E-state index contributed by atoms with van der Waals surface area (Å²) in [6.45, 7) is 4.18. The predicted molar refractivity (Wildman–Crippen MR) is 58.1 cm³/mol. The van der Waals surface area contributed by atoms with Crippen molar-refractivity contribution < 1.29 is 0 Å². The monoisotopic (exact) mass is 186 g/mol. The average molecular weight is 186 g/mol. The SMILES string of the molecule is Cc1ccc(-c2ncn(C)c2C)cc1. The van der Waals surface area contributed by atoms with Crippen molar-refractivity contribution in [3.63, 3.8) is 0 Å². The standard InChI is InChI=1S/C12H14N2/c1-9-4-6-11(7-5-9)12-10(2)14(3)8-13-12/h4-8H,1-3H3. The highest BCUT2D eigenvalue weighted by molar-refractivity contribution is 5.61. The summed E-state index contributed by atoms with van der Waals surface area (Å²) in [5.41, 5.74) is 4.75. The predicted octanol–water partition coefficient (Wildman–Crippen LogP) is 2.70. The third-order valence-corrected chi connectivity index (χ3v) is 2.56. The van der Waals surface area contributed by atoms with Crippen molar-refractivity contribution in [3.8, 4) is 11.3 Å². The lowest BCUT2D eigenvalue weighted by molar-refractivity contribution is 0.874. The van der Waals surface area contributed by atoms with Crippen LogP contribution in [0.5, 0.6) is 0 Å². The highest BCUT2D eigenvalue weighted by atomic mass is 15.0. The van der Waals surface area contributed by atoms with Gasteiger partial charge in [0.15, 0.2) is 0 Å². The summed E-state index contributed by atoms with van der Waals surface area (Å²) in [4.78, 5) is 4.38. The summed E-state index contributed by atoms with van der Waals surface area (Å²) >= 11 is 0. The fourth-order valence-electron chi connectivity index (χ4n) is 1.49. The fraction of sp³-hybridized carbons (Fsp3) is 0.250. The van der Waals surface area contributed by atoms with Crippen molar-refractivity contribution >= 4 is 0 Å². The number of imidazole rings is 1. The topological polar surface area (TPSA) is 17.8 Å². The molecule has 0 saturated carbocycles. The second kappa shape index (κ2) is 3.29. The Labute approximate surface area is 84.2 Å². The van der Waals surface area contributed by atoms with Crippen molar-refractivity contribution in [1.82, 2.24) is 9.55 Å². The van der Waals surface area contributed by atoms with Crippen LogP contribution in [0, 0.1) is 13.8 Å². The van der Waals surface area contributed by atoms with Gasteiger partial charge >= 0.3 is 0 Å². The smallest absolute Gasteiger partial charge is 0.0953 e. The molecule has 0 radical (unpaired) electrons. The molecular weight excluding hydrogens is 172 g/mol. The fourth-order valence-corrected chi connectivity index (χ4v) is 1.49. The Morgan fingerprint density at radius 3 is 2.21 bits per heavy atom. The van der Waals surface area contributed by atoms with Gasteiger partial charge in [-0.3, -0.25) is 0 Å². The Morgan fingerprint density at radius 1 is 1.07 bits per heavy atom. The van der Waals surface area contributed by atoms with E-state index in [-0.39, 0.29) is 0 Å². The van der Waals surface area contributed by atoms with Gasteiger partial charge in [0.2, 0.25) is 0 Å². The van der Waals surface area contributed by atoms with E-state index in [0.29, 0.717) is 0 Å². The van der Waals surface area contributed by atoms with Crippen LogP contribution in [0.25, 0.3) is 11.3 Å². The Bertz CT molecular complexity index is 438. The van der Waals surface area contributed by atoms with Gasteiger partial charge in [-0.15, -0.1) is 0 Å². The first kappa shape index (κ1) is 9.00. The zero-order valence-corrected chi connectivity index (χ0v) is 8.78. The molecule has 0 bridgehead atoms. The second-order valence-corrected chi connectivity index (χ2v) is 3.66. The van der Waals surface area contributed by atoms with Gasteiger partial charge in [0.1, 0.15) is 0 Å².